The van der Waals surface area contributed by atoms with Crippen molar-refractivity contribution >= 4 is 0 Å². The van der Waals surface area contributed by atoms with Gasteiger partial charge in [-0.15, -0.1) is 0 Å². The van der Waals surface area contributed by atoms with Gasteiger partial charge in [0, 0.05) is 5.41 Å². The molecule has 1 unspecified atom stereocenters. The molecule has 0 aromatic rings. The summed E-state index contributed by atoms with van der Waals surface area (Å²) in [6.45, 7) is 13.3. The Balaban J connectivity index is 2.28. The first-order valence-electron chi connectivity index (χ1n) is 9.91. The van der Waals surface area contributed by atoms with Gasteiger partial charge in [-0.05, 0) is 52.2 Å². The summed E-state index contributed by atoms with van der Waals surface area (Å²) in [5, 5.41) is 10.8. The predicted molar refractivity (Wildman–Crippen MR) is 103 cm³/mol. The van der Waals surface area contributed by atoms with Gasteiger partial charge in [0.05, 0.1) is 6.10 Å². The van der Waals surface area contributed by atoms with Crippen LogP contribution in [0.3, 0.4) is 0 Å². The van der Waals surface area contributed by atoms with E-state index in [0.717, 1.165) is 12.8 Å². The van der Waals surface area contributed by atoms with E-state index in [1.165, 1.54) is 73.7 Å². The molecule has 0 aromatic heterocycles. The van der Waals surface area contributed by atoms with Crippen LogP contribution in [0.4, 0.5) is 0 Å². The van der Waals surface area contributed by atoms with Gasteiger partial charge in [0.15, 0.2) is 0 Å². The molecule has 0 aliphatic heterocycles. The van der Waals surface area contributed by atoms with E-state index in [-0.39, 0.29) is 11.5 Å². The zero-order valence-electron chi connectivity index (χ0n) is 16.6. The van der Waals surface area contributed by atoms with E-state index in [2.05, 4.69) is 41.5 Å². The molecule has 0 aromatic carbocycles. The van der Waals surface area contributed by atoms with E-state index in [9.17, 15) is 5.11 Å². The van der Waals surface area contributed by atoms with E-state index >= 15 is 0 Å². The third-order valence-corrected chi connectivity index (χ3v) is 6.49. The van der Waals surface area contributed by atoms with Crippen LogP contribution in [-0.4, -0.2) is 11.2 Å². The van der Waals surface area contributed by atoms with Gasteiger partial charge in [0.2, 0.25) is 0 Å². The zero-order valence-corrected chi connectivity index (χ0v) is 16.6. The molecule has 1 nitrogen and oxygen atoms in total. The fourth-order valence-electron chi connectivity index (χ4n) is 4.06. The van der Waals surface area contributed by atoms with Crippen molar-refractivity contribution in [2.24, 2.45) is 5.41 Å². The molecule has 23 heavy (non-hydrogen) atoms. The van der Waals surface area contributed by atoms with Crippen LogP contribution in [0.15, 0.2) is 22.3 Å². The Morgan fingerprint density at radius 3 is 1.57 bits per heavy atom. The van der Waals surface area contributed by atoms with E-state index in [4.69, 9.17) is 0 Å². The van der Waals surface area contributed by atoms with Crippen molar-refractivity contribution in [2.75, 3.05) is 0 Å². The van der Waals surface area contributed by atoms with E-state index in [1.807, 2.05) is 0 Å². The quantitative estimate of drug-likeness (QED) is 0.408. The highest BCUT2D eigenvalue weighted by atomic mass is 16.3. The second-order valence-electron chi connectivity index (χ2n) is 7.84. The number of hydrogen-bond donors (Lipinski definition) is 1. The SMILES string of the molecule is CCCCCCCCCCCC(O)C1(C)C(C)=C(C)C(C)=C1C. The van der Waals surface area contributed by atoms with Crippen molar-refractivity contribution < 1.29 is 5.11 Å². The second kappa shape index (κ2) is 9.67. The summed E-state index contributed by atoms with van der Waals surface area (Å²) in [7, 11) is 0. The lowest BCUT2D eigenvalue weighted by atomic mass is 9.73. The number of aliphatic hydroxyl groups is 1. The maximum atomic E-state index is 10.8. The molecule has 1 aliphatic carbocycles. The van der Waals surface area contributed by atoms with Crippen LogP contribution in [0, 0.1) is 5.41 Å². The number of hydrogen-bond acceptors (Lipinski definition) is 1. The third kappa shape index (κ3) is 4.95. The summed E-state index contributed by atoms with van der Waals surface area (Å²) in [5.74, 6) is 0. The van der Waals surface area contributed by atoms with Gasteiger partial charge < -0.3 is 5.11 Å². The summed E-state index contributed by atoms with van der Waals surface area (Å²) < 4.78 is 0. The Kier molecular flexibility index (Phi) is 8.61. The molecule has 0 spiro atoms. The molecule has 0 heterocycles. The molecule has 1 aliphatic rings. The Hall–Kier alpha value is -0.560. The third-order valence-electron chi connectivity index (χ3n) is 6.49. The maximum absolute atomic E-state index is 10.8. The Morgan fingerprint density at radius 2 is 1.13 bits per heavy atom. The van der Waals surface area contributed by atoms with Gasteiger partial charge in [-0.2, -0.15) is 0 Å². The topological polar surface area (TPSA) is 20.2 Å². The van der Waals surface area contributed by atoms with Crippen molar-refractivity contribution in [1.29, 1.82) is 0 Å². The molecule has 1 N–H and O–H groups in total. The zero-order chi connectivity index (χ0) is 17.5. The van der Waals surface area contributed by atoms with Crippen LogP contribution in [0.1, 0.15) is 106 Å². The average molecular weight is 321 g/mol. The number of unbranched alkanes of at least 4 members (excludes halogenated alkanes) is 8. The first kappa shape index (κ1) is 20.5. The number of aliphatic hydroxyl groups excluding tert-OH is 1. The van der Waals surface area contributed by atoms with E-state index < -0.39 is 0 Å². The smallest absolute Gasteiger partial charge is 0.0668 e. The lowest BCUT2D eigenvalue weighted by Crippen LogP contribution is -2.33. The van der Waals surface area contributed by atoms with Gasteiger partial charge in [0.1, 0.15) is 0 Å². The Labute approximate surface area is 145 Å². The molecular weight excluding hydrogens is 280 g/mol. The molecule has 0 saturated carbocycles. The summed E-state index contributed by atoms with van der Waals surface area (Å²) >= 11 is 0. The molecule has 1 atom stereocenters. The minimum atomic E-state index is -0.237. The lowest BCUT2D eigenvalue weighted by Gasteiger charge is -2.34. The number of rotatable bonds is 11. The molecule has 1 rings (SSSR count). The summed E-state index contributed by atoms with van der Waals surface area (Å²) in [6, 6.07) is 0. The van der Waals surface area contributed by atoms with Gasteiger partial charge in [-0.25, -0.2) is 0 Å². The van der Waals surface area contributed by atoms with Crippen molar-refractivity contribution in [1.82, 2.24) is 0 Å². The van der Waals surface area contributed by atoms with Crippen molar-refractivity contribution in [2.45, 2.75) is 112 Å². The molecular formula is C22H40O. The highest BCUT2D eigenvalue weighted by Crippen LogP contribution is 2.49. The molecule has 1 heteroatoms. The highest BCUT2D eigenvalue weighted by molar-refractivity contribution is 5.50. The summed E-state index contributed by atoms with van der Waals surface area (Å²) in [6.07, 6.45) is 12.7. The lowest BCUT2D eigenvalue weighted by molar-refractivity contribution is 0.0758. The van der Waals surface area contributed by atoms with Crippen molar-refractivity contribution in [3.05, 3.63) is 22.3 Å². The minimum Gasteiger partial charge on any atom is -0.392 e. The monoisotopic (exact) mass is 320 g/mol. The number of allylic oxidation sites excluding steroid dienone is 2. The molecule has 134 valence electrons. The fourth-order valence-corrected chi connectivity index (χ4v) is 4.06. The predicted octanol–water partition coefficient (Wildman–Crippen LogP) is 6.96. The molecule has 0 bridgehead atoms. The van der Waals surface area contributed by atoms with Crippen LogP contribution in [0.2, 0.25) is 0 Å². The van der Waals surface area contributed by atoms with E-state index in [1.54, 1.807) is 0 Å². The minimum absolute atomic E-state index is 0.131. The van der Waals surface area contributed by atoms with Gasteiger partial charge in [0.25, 0.3) is 0 Å². The van der Waals surface area contributed by atoms with Crippen molar-refractivity contribution in [3.8, 4) is 0 Å². The van der Waals surface area contributed by atoms with Crippen molar-refractivity contribution in [3.63, 3.8) is 0 Å². The normalized spacial score (nSPS) is 18.9. The van der Waals surface area contributed by atoms with Crippen LogP contribution >= 0.6 is 0 Å². The maximum Gasteiger partial charge on any atom is 0.0668 e. The summed E-state index contributed by atoms with van der Waals surface area (Å²) in [5.41, 5.74) is 5.38. The Morgan fingerprint density at radius 1 is 0.739 bits per heavy atom. The van der Waals surface area contributed by atoms with Gasteiger partial charge >= 0.3 is 0 Å². The van der Waals surface area contributed by atoms with Crippen LogP contribution in [-0.2, 0) is 0 Å². The first-order valence-corrected chi connectivity index (χ1v) is 9.91. The van der Waals surface area contributed by atoms with Crippen LogP contribution in [0.5, 0.6) is 0 Å². The molecule has 0 amide bonds. The molecule has 0 fully saturated rings. The summed E-state index contributed by atoms with van der Waals surface area (Å²) in [4.78, 5) is 0. The Bertz CT molecular complexity index is 403. The average Bonchev–Trinajstić information content (AvgIpc) is 2.69. The largest absolute Gasteiger partial charge is 0.392 e. The van der Waals surface area contributed by atoms with Gasteiger partial charge in [-0.1, -0.05) is 75.9 Å². The van der Waals surface area contributed by atoms with E-state index in [0.29, 0.717) is 0 Å². The highest BCUT2D eigenvalue weighted by Gasteiger charge is 2.41. The first-order chi connectivity index (χ1) is 10.9. The standard InChI is InChI=1S/C22H40O/c1-7-8-9-10-11-12-13-14-15-16-21(23)22(6)19(4)17(2)18(3)20(22)5/h21,23H,7-16H2,1-6H3. The fraction of sp³-hybridized carbons (Fsp3) is 0.818. The van der Waals surface area contributed by atoms with Crippen LogP contribution in [0.25, 0.3) is 0 Å². The second-order valence-corrected chi connectivity index (χ2v) is 7.84. The van der Waals surface area contributed by atoms with Gasteiger partial charge in [-0.3, -0.25) is 0 Å². The molecule has 0 radical (unpaired) electrons. The van der Waals surface area contributed by atoms with Crippen LogP contribution < -0.4 is 0 Å². The molecule has 0 saturated heterocycles.